The third-order valence-electron chi connectivity index (χ3n) is 7.06. The molecule has 0 spiro atoms. The van der Waals surface area contributed by atoms with Crippen molar-refractivity contribution < 1.29 is 4.79 Å². The van der Waals surface area contributed by atoms with E-state index >= 15 is 0 Å². The molecule has 0 radical (unpaired) electrons. The van der Waals surface area contributed by atoms with Gasteiger partial charge in [0.15, 0.2) is 0 Å². The summed E-state index contributed by atoms with van der Waals surface area (Å²) < 4.78 is 2.05. The molecule has 0 aromatic carbocycles. The van der Waals surface area contributed by atoms with Crippen molar-refractivity contribution in [2.45, 2.75) is 72.4 Å². The van der Waals surface area contributed by atoms with Gasteiger partial charge in [-0.2, -0.15) is 5.10 Å². The van der Waals surface area contributed by atoms with Gasteiger partial charge in [-0.05, 0) is 77.0 Å². The Kier molecular flexibility index (Phi) is 3.77. The minimum Gasteiger partial charge on any atom is -0.341 e. The number of carbonyl (C=O) groups is 1. The fraction of sp³-hybridized carbons (Fsp3) is 0.800. The highest BCUT2D eigenvalue weighted by Crippen LogP contribution is 2.60. The average Bonchev–Trinajstić information content (AvgIpc) is 2.80. The van der Waals surface area contributed by atoms with E-state index in [1.165, 1.54) is 30.5 Å². The van der Waals surface area contributed by atoms with E-state index in [2.05, 4.69) is 25.9 Å². The molecule has 4 nitrogen and oxygen atoms in total. The monoisotopic (exact) mass is 329 g/mol. The largest absolute Gasteiger partial charge is 0.341 e. The van der Waals surface area contributed by atoms with Gasteiger partial charge in [-0.15, -0.1) is 0 Å². The highest BCUT2D eigenvalue weighted by molar-refractivity contribution is 5.83. The summed E-state index contributed by atoms with van der Waals surface area (Å²) in [5.41, 5.74) is 3.48. The van der Waals surface area contributed by atoms with Crippen LogP contribution in [0.5, 0.6) is 0 Å². The van der Waals surface area contributed by atoms with Crippen LogP contribution in [-0.4, -0.2) is 27.6 Å². The van der Waals surface area contributed by atoms with Gasteiger partial charge in [0.05, 0.1) is 11.1 Å². The summed E-state index contributed by atoms with van der Waals surface area (Å²) in [6, 6.07) is 0. The van der Waals surface area contributed by atoms with E-state index in [0.717, 1.165) is 49.3 Å². The normalized spacial score (nSPS) is 33.9. The topological polar surface area (TPSA) is 38.1 Å². The van der Waals surface area contributed by atoms with Crippen molar-refractivity contribution >= 4 is 5.91 Å². The molecule has 1 aromatic heterocycles. The van der Waals surface area contributed by atoms with Crippen molar-refractivity contribution in [1.29, 1.82) is 0 Å². The van der Waals surface area contributed by atoms with Gasteiger partial charge >= 0.3 is 0 Å². The van der Waals surface area contributed by atoms with E-state index in [0.29, 0.717) is 12.5 Å². The van der Waals surface area contributed by atoms with Crippen LogP contribution in [0.15, 0.2) is 0 Å². The standard InChI is InChI=1S/C20H31N3O/c1-5-23-14(3)18(13(2)21-23)12-22(4)19(24)20-9-15-6-16(10-20)8-17(7-15)11-20/h15-17H,5-12H2,1-4H3. The van der Waals surface area contributed by atoms with E-state index in [4.69, 9.17) is 0 Å². The summed E-state index contributed by atoms with van der Waals surface area (Å²) in [4.78, 5) is 15.4. The van der Waals surface area contributed by atoms with Gasteiger partial charge in [-0.25, -0.2) is 0 Å². The summed E-state index contributed by atoms with van der Waals surface area (Å²) in [7, 11) is 2.00. The van der Waals surface area contributed by atoms with Crippen LogP contribution in [-0.2, 0) is 17.9 Å². The van der Waals surface area contributed by atoms with E-state index in [9.17, 15) is 4.79 Å². The van der Waals surface area contributed by atoms with E-state index in [1.807, 2.05) is 16.6 Å². The van der Waals surface area contributed by atoms with Gasteiger partial charge in [0.1, 0.15) is 0 Å². The SMILES string of the molecule is CCn1nc(C)c(CN(C)C(=O)C23CC4CC(CC(C4)C2)C3)c1C. The Hall–Kier alpha value is -1.32. The molecule has 0 atom stereocenters. The highest BCUT2D eigenvalue weighted by Gasteiger charge is 2.55. The zero-order valence-corrected chi connectivity index (χ0v) is 15.6. The number of aromatic nitrogens is 2. The van der Waals surface area contributed by atoms with Crippen LogP contribution < -0.4 is 0 Å². The summed E-state index contributed by atoms with van der Waals surface area (Å²) in [5.74, 6) is 2.87. The number of amides is 1. The molecule has 1 heterocycles. The third kappa shape index (κ3) is 2.41. The molecule has 4 aliphatic rings. The molecule has 0 aliphatic heterocycles. The zero-order valence-electron chi connectivity index (χ0n) is 15.6. The first-order valence-electron chi connectivity index (χ1n) is 9.70. The maximum atomic E-state index is 13.4. The predicted molar refractivity (Wildman–Crippen MR) is 94.5 cm³/mol. The number of hydrogen-bond acceptors (Lipinski definition) is 2. The fourth-order valence-corrected chi connectivity index (χ4v) is 6.36. The van der Waals surface area contributed by atoms with Crippen LogP contribution in [0, 0.1) is 37.0 Å². The molecule has 5 rings (SSSR count). The molecule has 1 amide bonds. The lowest BCUT2D eigenvalue weighted by molar-refractivity contribution is -0.156. The molecule has 0 unspecified atom stereocenters. The van der Waals surface area contributed by atoms with E-state index in [-0.39, 0.29) is 5.41 Å². The van der Waals surface area contributed by atoms with Gasteiger partial charge in [0, 0.05) is 31.4 Å². The lowest BCUT2D eigenvalue weighted by atomic mass is 9.49. The lowest BCUT2D eigenvalue weighted by Gasteiger charge is -2.56. The summed E-state index contributed by atoms with van der Waals surface area (Å²) in [6.45, 7) is 7.91. The van der Waals surface area contributed by atoms with Crippen LogP contribution in [0.4, 0.5) is 0 Å². The van der Waals surface area contributed by atoms with E-state index < -0.39 is 0 Å². The fourth-order valence-electron chi connectivity index (χ4n) is 6.36. The Morgan fingerprint density at radius 3 is 2.17 bits per heavy atom. The lowest BCUT2D eigenvalue weighted by Crippen LogP contribution is -2.53. The third-order valence-corrected chi connectivity index (χ3v) is 7.06. The first-order chi connectivity index (χ1) is 11.4. The summed E-state index contributed by atoms with van der Waals surface area (Å²) in [5, 5.41) is 4.61. The van der Waals surface area contributed by atoms with Crippen LogP contribution >= 0.6 is 0 Å². The maximum absolute atomic E-state index is 13.4. The first-order valence-corrected chi connectivity index (χ1v) is 9.70. The molecule has 4 heteroatoms. The molecule has 0 saturated heterocycles. The Labute approximate surface area is 145 Å². The molecule has 24 heavy (non-hydrogen) atoms. The van der Waals surface area contributed by atoms with Crippen molar-refractivity contribution in [3.63, 3.8) is 0 Å². The van der Waals surface area contributed by atoms with Crippen LogP contribution in [0.2, 0.25) is 0 Å². The van der Waals surface area contributed by atoms with Gasteiger partial charge in [-0.1, -0.05) is 0 Å². The first kappa shape index (κ1) is 16.2. The van der Waals surface area contributed by atoms with E-state index in [1.54, 1.807) is 0 Å². The highest BCUT2D eigenvalue weighted by atomic mass is 16.2. The smallest absolute Gasteiger partial charge is 0.228 e. The van der Waals surface area contributed by atoms with Crippen LogP contribution in [0.1, 0.15) is 62.4 Å². The predicted octanol–water partition coefficient (Wildman–Crippen LogP) is 3.69. The molecule has 4 aliphatic carbocycles. The number of nitrogens with zero attached hydrogens (tertiary/aromatic N) is 3. The second-order valence-corrected chi connectivity index (χ2v) is 8.82. The van der Waals surface area contributed by atoms with Crippen molar-refractivity contribution in [1.82, 2.24) is 14.7 Å². The van der Waals surface area contributed by atoms with Crippen molar-refractivity contribution in [2.24, 2.45) is 23.2 Å². The molecular formula is C20H31N3O. The van der Waals surface area contributed by atoms with Crippen molar-refractivity contribution in [3.05, 3.63) is 17.0 Å². The molecule has 4 fully saturated rings. The van der Waals surface area contributed by atoms with Crippen LogP contribution in [0.25, 0.3) is 0 Å². The molecule has 4 bridgehead atoms. The maximum Gasteiger partial charge on any atom is 0.228 e. The average molecular weight is 329 g/mol. The number of carbonyl (C=O) groups excluding carboxylic acids is 1. The Bertz CT molecular complexity index is 625. The van der Waals surface area contributed by atoms with Crippen molar-refractivity contribution in [3.8, 4) is 0 Å². The summed E-state index contributed by atoms with van der Waals surface area (Å²) >= 11 is 0. The number of aryl methyl sites for hydroxylation is 2. The van der Waals surface area contributed by atoms with Gasteiger partial charge in [-0.3, -0.25) is 9.48 Å². The number of hydrogen-bond donors (Lipinski definition) is 0. The molecule has 4 saturated carbocycles. The zero-order chi connectivity index (χ0) is 17.1. The molecule has 0 N–H and O–H groups in total. The second kappa shape index (κ2) is 5.60. The molecule has 1 aromatic rings. The second-order valence-electron chi connectivity index (χ2n) is 8.82. The minimum atomic E-state index is -0.0357. The van der Waals surface area contributed by atoms with Gasteiger partial charge in [0.2, 0.25) is 5.91 Å². The van der Waals surface area contributed by atoms with Gasteiger partial charge < -0.3 is 4.90 Å². The Morgan fingerprint density at radius 2 is 1.71 bits per heavy atom. The molecular weight excluding hydrogens is 298 g/mol. The van der Waals surface area contributed by atoms with Gasteiger partial charge in [0.25, 0.3) is 0 Å². The Morgan fingerprint density at radius 1 is 1.17 bits per heavy atom. The number of rotatable bonds is 4. The quantitative estimate of drug-likeness (QED) is 0.845. The van der Waals surface area contributed by atoms with Crippen LogP contribution in [0.3, 0.4) is 0 Å². The minimum absolute atomic E-state index is 0.0357. The Balaban J connectivity index is 1.54. The van der Waals surface area contributed by atoms with Crippen molar-refractivity contribution in [2.75, 3.05) is 7.05 Å². The summed E-state index contributed by atoms with van der Waals surface area (Å²) in [6.07, 6.45) is 7.60. The molecule has 132 valence electrons.